The smallest absolute Gasteiger partial charge is 0.335 e. The Morgan fingerprint density at radius 1 is 1.04 bits per heavy atom. The van der Waals surface area contributed by atoms with Crippen molar-refractivity contribution in [3.05, 3.63) is 59.3 Å². The first-order valence-electron chi connectivity index (χ1n) is 15.0. The SMILES string of the molecule is CNC(=O)c1ccc2ccn(C3CCN(CCc4c(OC)ccc5c4OC(C)(C)CC5=O)CC3)c2c1.O=C(O)[C@H](O)[C@@H](O)C(=O)O. The second-order valence-corrected chi connectivity index (χ2v) is 12.0. The van der Waals surface area contributed by atoms with E-state index in [1.54, 1.807) is 14.2 Å². The number of aliphatic hydroxyl groups is 2. The maximum atomic E-state index is 12.7. The van der Waals surface area contributed by atoms with Crippen LogP contribution >= 0.6 is 0 Å². The third kappa shape index (κ3) is 7.66. The molecule has 2 atom stereocenters. The molecule has 3 aromatic rings. The Morgan fingerprint density at radius 2 is 1.70 bits per heavy atom. The molecule has 3 heterocycles. The van der Waals surface area contributed by atoms with Gasteiger partial charge in [-0.25, -0.2) is 9.59 Å². The van der Waals surface area contributed by atoms with Crippen LogP contribution in [0.15, 0.2) is 42.6 Å². The fourth-order valence-corrected chi connectivity index (χ4v) is 5.88. The van der Waals surface area contributed by atoms with Gasteiger partial charge in [0.2, 0.25) is 0 Å². The Bertz CT molecular complexity index is 1590. The predicted octanol–water partition coefficient (Wildman–Crippen LogP) is 2.51. The molecule has 13 heteroatoms. The maximum Gasteiger partial charge on any atom is 0.335 e. The number of fused-ring (bicyclic) bond motifs is 2. The van der Waals surface area contributed by atoms with Crippen molar-refractivity contribution in [2.24, 2.45) is 0 Å². The van der Waals surface area contributed by atoms with E-state index in [1.165, 1.54) is 0 Å². The molecular formula is C33H41N3O10. The normalized spacial score (nSPS) is 17.6. The Morgan fingerprint density at radius 3 is 2.28 bits per heavy atom. The molecule has 2 aliphatic heterocycles. The van der Waals surface area contributed by atoms with E-state index in [0.717, 1.165) is 61.1 Å². The highest BCUT2D eigenvalue weighted by Gasteiger charge is 2.35. The molecule has 0 saturated carbocycles. The van der Waals surface area contributed by atoms with E-state index in [0.29, 0.717) is 29.3 Å². The summed E-state index contributed by atoms with van der Waals surface area (Å²) in [7, 11) is 3.33. The van der Waals surface area contributed by atoms with Gasteiger partial charge in [-0.05, 0) is 68.8 Å². The van der Waals surface area contributed by atoms with Gasteiger partial charge < -0.3 is 44.7 Å². The second-order valence-electron chi connectivity index (χ2n) is 12.0. The summed E-state index contributed by atoms with van der Waals surface area (Å²) < 4.78 is 14.3. The molecule has 0 radical (unpaired) electrons. The van der Waals surface area contributed by atoms with Gasteiger partial charge in [0.25, 0.3) is 5.91 Å². The number of piperidine rings is 1. The molecule has 1 amide bonds. The van der Waals surface area contributed by atoms with Crippen LogP contribution in [-0.4, -0.2) is 105 Å². The minimum Gasteiger partial charge on any atom is -0.496 e. The largest absolute Gasteiger partial charge is 0.496 e. The lowest BCUT2D eigenvalue weighted by Crippen LogP contribution is -2.39. The lowest BCUT2D eigenvalue weighted by atomic mass is 9.90. The number of rotatable bonds is 9. The summed E-state index contributed by atoms with van der Waals surface area (Å²) in [5.41, 5.74) is 2.93. The van der Waals surface area contributed by atoms with Gasteiger partial charge in [-0.2, -0.15) is 0 Å². The van der Waals surface area contributed by atoms with Gasteiger partial charge in [-0.1, -0.05) is 6.07 Å². The first-order chi connectivity index (χ1) is 21.8. The Labute approximate surface area is 266 Å². The number of ether oxygens (including phenoxy) is 2. The molecule has 0 unspecified atom stereocenters. The first kappa shape index (κ1) is 34.4. The fourth-order valence-electron chi connectivity index (χ4n) is 5.88. The van der Waals surface area contributed by atoms with Crippen LogP contribution < -0.4 is 14.8 Å². The zero-order valence-corrected chi connectivity index (χ0v) is 26.4. The summed E-state index contributed by atoms with van der Waals surface area (Å²) >= 11 is 0. The summed E-state index contributed by atoms with van der Waals surface area (Å²) in [5, 5.41) is 36.4. The fraction of sp³-hybridized carbons (Fsp3) is 0.455. The number of carboxylic acid groups (broad SMARTS) is 2. The van der Waals surface area contributed by atoms with E-state index in [4.69, 9.17) is 29.9 Å². The van der Waals surface area contributed by atoms with Crippen LogP contribution in [0.5, 0.6) is 11.5 Å². The number of carbonyl (C=O) groups excluding carboxylic acids is 2. The summed E-state index contributed by atoms with van der Waals surface area (Å²) in [6.07, 6.45) is 0.853. The van der Waals surface area contributed by atoms with E-state index < -0.39 is 29.7 Å². The highest BCUT2D eigenvalue weighted by molar-refractivity contribution is 6.01. The van der Waals surface area contributed by atoms with Crippen LogP contribution in [0.3, 0.4) is 0 Å². The number of ketones is 1. The number of Topliss-reactive ketones (excluding diaryl/α,β-unsaturated/α-hetero) is 1. The number of hydrogen-bond acceptors (Lipinski definition) is 9. The highest BCUT2D eigenvalue weighted by Crippen LogP contribution is 2.40. The molecule has 2 aromatic carbocycles. The molecule has 2 aliphatic rings. The number of likely N-dealkylation sites (tertiary alicyclic amines) is 1. The summed E-state index contributed by atoms with van der Waals surface area (Å²) in [4.78, 5) is 46.9. The average molecular weight is 640 g/mol. The van der Waals surface area contributed by atoms with Crippen molar-refractivity contribution in [3.8, 4) is 11.5 Å². The number of carbonyl (C=O) groups is 4. The van der Waals surface area contributed by atoms with Crippen LogP contribution in [0.1, 0.15) is 65.4 Å². The molecule has 5 rings (SSSR count). The van der Waals surface area contributed by atoms with Crippen molar-refractivity contribution < 1.29 is 49.1 Å². The Kier molecular flexibility index (Phi) is 10.7. The van der Waals surface area contributed by atoms with Gasteiger partial charge >= 0.3 is 11.9 Å². The lowest BCUT2D eigenvalue weighted by molar-refractivity contribution is -0.165. The molecule has 13 nitrogen and oxygen atoms in total. The molecule has 0 aliphatic carbocycles. The van der Waals surface area contributed by atoms with Crippen LogP contribution in [0.2, 0.25) is 0 Å². The molecule has 0 bridgehead atoms. The Hall–Kier alpha value is -4.46. The van der Waals surface area contributed by atoms with Crippen molar-refractivity contribution >= 4 is 34.5 Å². The van der Waals surface area contributed by atoms with Crippen LogP contribution in [-0.2, 0) is 16.0 Å². The third-order valence-electron chi connectivity index (χ3n) is 8.35. The number of carboxylic acids is 2. The zero-order valence-electron chi connectivity index (χ0n) is 26.4. The highest BCUT2D eigenvalue weighted by atomic mass is 16.5. The zero-order chi connectivity index (χ0) is 33.8. The quantitative estimate of drug-likeness (QED) is 0.231. The second kappa shape index (κ2) is 14.3. The predicted molar refractivity (Wildman–Crippen MR) is 168 cm³/mol. The number of benzene rings is 2. The van der Waals surface area contributed by atoms with Crippen molar-refractivity contribution in [2.75, 3.05) is 33.8 Å². The Balaban J connectivity index is 0.000000416. The molecular weight excluding hydrogens is 598 g/mol. The minimum atomic E-state index is -2.27. The van der Waals surface area contributed by atoms with Crippen molar-refractivity contribution in [1.29, 1.82) is 0 Å². The number of aromatic nitrogens is 1. The molecule has 248 valence electrons. The van der Waals surface area contributed by atoms with Crippen LogP contribution in [0.4, 0.5) is 0 Å². The molecule has 5 N–H and O–H groups in total. The number of hydrogen-bond donors (Lipinski definition) is 5. The summed E-state index contributed by atoms with van der Waals surface area (Å²) in [6.45, 7) is 6.78. The number of nitrogens with zero attached hydrogens (tertiary/aromatic N) is 2. The molecule has 0 spiro atoms. The molecule has 46 heavy (non-hydrogen) atoms. The topological polar surface area (TPSA) is 188 Å². The number of nitrogens with one attached hydrogen (secondary N) is 1. The minimum absolute atomic E-state index is 0.0629. The van der Waals surface area contributed by atoms with E-state index in [2.05, 4.69) is 27.0 Å². The van der Waals surface area contributed by atoms with Gasteiger partial charge in [0.1, 0.15) is 17.1 Å². The third-order valence-corrected chi connectivity index (χ3v) is 8.35. The number of amides is 1. The van der Waals surface area contributed by atoms with Gasteiger partial charge in [0.05, 0.1) is 19.1 Å². The molecule has 1 saturated heterocycles. The van der Waals surface area contributed by atoms with E-state index in [-0.39, 0.29) is 11.7 Å². The van der Waals surface area contributed by atoms with E-state index in [9.17, 15) is 19.2 Å². The van der Waals surface area contributed by atoms with Crippen molar-refractivity contribution in [3.63, 3.8) is 0 Å². The van der Waals surface area contributed by atoms with Gasteiger partial charge in [-0.3, -0.25) is 9.59 Å². The molecule has 1 aromatic heterocycles. The van der Waals surface area contributed by atoms with Gasteiger partial charge in [-0.15, -0.1) is 0 Å². The number of aliphatic carboxylic acids is 2. The van der Waals surface area contributed by atoms with Crippen molar-refractivity contribution in [1.82, 2.24) is 14.8 Å². The van der Waals surface area contributed by atoms with E-state index >= 15 is 0 Å². The lowest BCUT2D eigenvalue weighted by Gasteiger charge is -2.35. The van der Waals surface area contributed by atoms with Crippen LogP contribution in [0.25, 0.3) is 10.9 Å². The number of aliphatic hydroxyl groups excluding tert-OH is 2. The van der Waals surface area contributed by atoms with Gasteiger partial charge in [0, 0.05) is 55.6 Å². The molecule has 1 fully saturated rings. The van der Waals surface area contributed by atoms with Gasteiger partial charge in [0.15, 0.2) is 18.0 Å². The summed E-state index contributed by atoms with van der Waals surface area (Å²) in [6, 6.07) is 12.1. The average Bonchev–Trinajstić information content (AvgIpc) is 3.45. The monoisotopic (exact) mass is 639 g/mol. The van der Waals surface area contributed by atoms with Crippen LogP contribution in [0, 0.1) is 0 Å². The van der Waals surface area contributed by atoms with E-state index in [1.807, 2.05) is 44.2 Å². The summed E-state index contributed by atoms with van der Waals surface area (Å²) in [5.74, 6) is -2.00. The first-order valence-corrected chi connectivity index (χ1v) is 15.0. The maximum absolute atomic E-state index is 12.7. The van der Waals surface area contributed by atoms with Crippen molar-refractivity contribution in [2.45, 2.75) is 63.4 Å². The standard InChI is InChI=1S/C29H35N3O4.C4H6O6/c1-29(2)18-25(33)22-7-8-26(35-4)23(27(22)36-29)12-15-31-13-10-21(11-14-31)32-16-9-19-5-6-20(17-24(19)32)28(34)30-3;5-1(3(7)8)2(6)4(9)10/h5-9,16-17,21H,10-15,18H2,1-4H3,(H,30,34);1-2,5-6H,(H,7,8)(H,9,10)/t;1-,2-/m.1/s1. The number of methoxy groups -OCH3 is 1.